The highest BCUT2D eigenvalue weighted by Crippen LogP contribution is 2.26. The van der Waals surface area contributed by atoms with Gasteiger partial charge in [-0.05, 0) is 16.7 Å². The second-order valence-electron chi connectivity index (χ2n) is 6.40. The Hall–Kier alpha value is -3.61. The van der Waals surface area contributed by atoms with E-state index in [1.807, 2.05) is 54.6 Å². The van der Waals surface area contributed by atoms with E-state index < -0.39 is 29.9 Å². The molecule has 3 N–H and O–H groups in total. The molecule has 0 fully saturated rings. The van der Waals surface area contributed by atoms with Crippen molar-refractivity contribution in [2.45, 2.75) is 13.0 Å². The molecular formula is C21H20N2O5. The summed E-state index contributed by atoms with van der Waals surface area (Å²) < 4.78 is 0. The predicted molar refractivity (Wildman–Crippen MR) is 102 cm³/mol. The lowest BCUT2D eigenvalue weighted by Gasteiger charge is -2.29. The monoisotopic (exact) mass is 380 g/mol. The number of hydrogen-bond acceptors (Lipinski definition) is 4. The zero-order valence-corrected chi connectivity index (χ0v) is 15.1. The molecule has 1 aliphatic heterocycles. The standard InChI is InChI=1S/C21H20N2O5/c24-17-10-11-23(21(28)19(17)20(27)22-12-18(25)26)13-15-8-4-5-9-16(15)14-6-2-1-3-7-14/h1-9,24H,10-13H2,(H,22,27)(H,25,26). The Balaban J connectivity index is 1.82. The van der Waals surface area contributed by atoms with Crippen molar-refractivity contribution in [2.24, 2.45) is 0 Å². The number of nitrogens with zero attached hydrogens (tertiary/aromatic N) is 1. The van der Waals surface area contributed by atoms with E-state index in [1.54, 1.807) is 0 Å². The minimum atomic E-state index is -1.23. The molecule has 0 spiro atoms. The third-order valence-electron chi connectivity index (χ3n) is 4.50. The maximum absolute atomic E-state index is 12.8. The van der Waals surface area contributed by atoms with Crippen molar-refractivity contribution in [3.63, 3.8) is 0 Å². The van der Waals surface area contributed by atoms with E-state index in [-0.39, 0.29) is 25.3 Å². The van der Waals surface area contributed by atoms with Crippen molar-refractivity contribution in [2.75, 3.05) is 13.1 Å². The molecule has 0 bridgehead atoms. The van der Waals surface area contributed by atoms with Gasteiger partial charge in [-0.1, -0.05) is 54.6 Å². The largest absolute Gasteiger partial charge is 0.511 e. The van der Waals surface area contributed by atoms with Gasteiger partial charge in [-0.25, -0.2) is 0 Å². The molecule has 7 nitrogen and oxygen atoms in total. The van der Waals surface area contributed by atoms with Gasteiger partial charge in [-0.3, -0.25) is 14.4 Å². The van der Waals surface area contributed by atoms with E-state index in [1.165, 1.54) is 4.90 Å². The van der Waals surface area contributed by atoms with E-state index in [2.05, 4.69) is 5.32 Å². The first-order valence-electron chi connectivity index (χ1n) is 8.82. The van der Waals surface area contributed by atoms with Crippen molar-refractivity contribution in [1.29, 1.82) is 0 Å². The molecule has 1 aliphatic rings. The van der Waals surface area contributed by atoms with Crippen LogP contribution in [0.2, 0.25) is 0 Å². The molecule has 2 aromatic rings. The van der Waals surface area contributed by atoms with Crippen molar-refractivity contribution in [3.8, 4) is 11.1 Å². The first-order valence-corrected chi connectivity index (χ1v) is 8.82. The lowest BCUT2D eigenvalue weighted by Crippen LogP contribution is -2.43. The lowest BCUT2D eigenvalue weighted by molar-refractivity contribution is -0.138. The normalized spacial score (nSPS) is 14.1. The number of aliphatic carboxylic acids is 1. The van der Waals surface area contributed by atoms with Crippen molar-refractivity contribution in [3.05, 3.63) is 71.5 Å². The molecule has 0 unspecified atom stereocenters. The molecule has 0 aromatic heterocycles. The molecule has 2 amide bonds. The Morgan fingerprint density at radius 1 is 1.04 bits per heavy atom. The van der Waals surface area contributed by atoms with Crippen LogP contribution in [-0.4, -0.2) is 46.0 Å². The number of benzene rings is 2. The van der Waals surface area contributed by atoms with Gasteiger partial charge in [0.05, 0.1) is 0 Å². The Kier molecular flexibility index (Phi) is 5.74. The summed E-state index contributed by atoms with van der Waals surface area (Å²) in [5.41, 5.74) is 2.50. The van der Waals surface area contributed by atoms with Crippen molar-refractivity contribution < 1.29 is 24.6 Å². The quantitative estimate of drug-likeness (QED) is 0.666. The van der Waals surface area contributed by atoms with E-state index in [0.29, 0.717) is 0 Å². The molecule has 3 rings (SSSR count). The third-order valence-corrected chi connectivity index (χ3v) is 4.50. The first-order chi connectivity index (χ1) is 13.5. The predicted octanol–water partition coefficient (Wildman–Crippen LogP) is 2.10. The van der Waals surface area contributed by atoms with E-state index >= 15 is 0 Å². The van der Waals surface area contributed by atoms with Gasteiger partial charge in [0.2, 0.25) is 0 Å². The lowest BCUT2D eigenvalue weighted by atomic mass is 9.98. The van der Waals surface area contributed by atoms with Crippen LogP contribution in [0.5, 0.6) is 0 Å². The highest BCUT2D eigenvalue weighted by molar-refractivity contribution is 6.19. The van der Waals surface area contributed by atoms with E-state index in [9.17, 15) is 19.5 Å². The molecular weight excluding hydrogens is 360 g/mol. The molecule has 144 valence electrons. The first kappa shape index (κ1) is 19.2. The SMILES string of the molecule is O=C(O)CNC(=O)C1=C(O)CCN(Cc2ccccc2-c2ccccc2)C1=O. The maximum atomic E-state index is 12.8. The summed E-state index contributed by atoms with van der Waals surface area (Å²) in [7, 11) is 0. The molecule has 0 atom stereocenters. The Morgan fingerprint density at radius 2 is 1.71 bits per heavy atom. The molecule has 0 saturated carbocycles. The van der Waals surface area contributed by atoms with Gasteiger partial charge in [0.25, 0.3) is 11.8 Å². The van der Waals surface area contributed by atoms with E-state index in [0.717, 1.165) is 16.7 Å². The minimum Gasteiger partial charge on any atom is -0.511 e. The van der Waals surface area contributed by atoms with Gasteiger partial charge in [0, 0.05) is 19.5 Å². The number of carboxylic acid groups (broad SMARTS) is 1. The fourth-order valence-electron chi connectivity index (χ4n) is 3.14. The third kappa shape index (κ3) is 4.20. The Bertz CT molecular complexity index is 937. The number of aliphatic hydroxyl groups excluding tert-OH is 1. The van der Waals surface area contributed by atoms with E-state index in [4.69, 9.17) is 5.11 Å². The Morgan fingerprint density at radius 3 is 2.43 bits per heavy atom. The molecule has 1 heterocycles. The smallest absolute Gasteiger partial charge is 0.322 e. The van der Waals surface area contributed by atoms with Crippen LogP contribution in [0.1, 0.15) is 12.0 Å². The van der Waals surface area contributed by atoms with Crippen molar-refractivity contribution in [1.82, 2.24) is 10.2 Å². The van der Waals surface area contributed by atoms with Crippen LogP contribution in [-0.2, 0) is 20.9 Å². The molecule has 7 heteroatoms. The van der Waals surface area contributed by atoms with Crippen LogP contribution in [0.3, 0.4) is 0 Å². The van der Waals surface area contributed by atoms with Crippen LogP contribution in [0.4, 0.5) is 0 Å². The summed E-state index contributed by atoms with van der Waals surface area (Å²) >= 11 is 0. The molecule has 0 saturated heterocycles. The number of nitrogens with one attached hydrogen (secondary N) is 1. The minimum absolute atomic E-state index is 0.134. The molecule has 0 radical (unpaired) electrons. The maximum Gasteiger partial charge on any atom is 0.322 e. The molecule has 2 aromatic carbocycles. The van der Waals surface area contributed by atoms with Gasteiger partial charge < -0.3 is 20.4 Å². The highest BCUT2D eigenvalue weighted by atomic mass is 16.4. The number of amides is 2. The number of carboxylic acids is 1. The summed E-state index contributed by atoms with van der Waals surface area (Å²) in [4.78, 5) is 37.1. The van der Waals surface area contributed by atoms with Gasteiger partial charge in [-0.2, -0.15) is 0 Å². The number of carbonyl (C=O) groups excluding carboxylic acids is 2. The zero-order valence-electron chi connectivity index (χ0n) is 15.1. The zero-order chi connectivity index (χ0) is 20.1. The summed E-state index contributed by atoms with van der Waals surface area (Å²) in [5.74, 6) is -3.05. The van der Waals surface area contributed by atoms with Gasteiger partial charge in [0.15, 0.2) is 0 Å². The Labute approximate surface area is 161 Å². The second-order valence-corrected chi connectivity index (χ2v) is 6.40. The second kappa shape index (κ2) is 8.39. The fourth-order valence-corrected chi connectivity index (χ4v) is 3.14. The highest BCUT2D eigenvalue weighted by Gasteiger charge is 2.32. The summed E-state index contributed by atoms with van der Waals surface area (Å²) in [6.07, 6.45) is 0.134. The van der Waals surface area contributed by atoms with Crippen molar-refractivity contribution >= 4 is 17.8 Å². The average molecular weight is 380 g/mol. The van der Waals surface area contributed by atoms with Gasteiger partial charge in [0.1, 0.15) is 17.9 Å². The number of hydrogen-bond donors (Lipinski definition) is 3. The topological polar surface area (TPSA) is 107 Å². The van der Waals surface area contributed by atoms with Gasteiger partial charge in [-0.15, -0.1) is 0 Å². The number of carbonyl (C=O) groups is 3. The number of rotatable bonds is 6. The fraction of sp³-hybridized carbons (Fsp3) is 0.190. The summed E-state index contributed by atoms with van der Waals surface area (Å²) in [5, 5.41) is 20.8. The van der Waals surface area contributed by atoms with Crippen LogP contribution >= 0.6 is 0 Å². The van der Waals surface area contributed by atoms with Crippen LogP contribution in [0.25, 0.3) is 11.1 Å². The molecule has 0 aliphatic carbocycles. The van der Waals surface area contributed by atoms with Gasteiger partial charge >= 0.3 is 5.97 Å². The summed E-state index contributed by atoms with van der Waals surface area (Å²) in [6, 6.07) is 17.4. The average Bonchev–Trinajstić information content (AvgIpc) is 2.69. The molecule has 28 heavy (non-hydrogen) atoms. The van der Waals surface area contributed by atoms with Crippen LogP contribution in [0, 0.1) is 0 Å². The van der Waals surface area contributed by atoms with Crippen LogP contribution in [0.15, 0.2) is 65.9 Å². The summed E-state index contributed by atoms with van der Waals surface area (Å²) in [6.45, 7) is -0.0872. The van der Waals surface area contributed by atoms with Crippen LogP contribution < -0.4 is 5.32 Å². The number of aliphatic hydroxyl groups is 1.